The highest BCUT2D eigenvalue weighted by molar-refractivity contribution is 5.85. The molecular weight excluding hydrogens is 266 g/mol. The standard InChI is InChI=1S/C17H23NO3/c1-3-13-6-8-14(9-7-13)10-11-16(19)18-12-4-5-15(18)17(20)21-2/h6-9,15H,3-5,10-12H2,1-2H3. The molecule has 4 nitrogen and oxygen atoms in total. The number of methoxy groups -OCH3 is 1. The van der Waals surface area contributed by atoms with Crippen molar-refractivity contribution in [1.82, 2.24) is 4.90 Å². The van der Waals surface area contributed by atoms with Crippen molar-refractivity contribution in [3.8, 4) is 0 Å². The van der Waals surface area contributed by atoms with E-state index in [1.54, 1.807) is 4.90 Å². The topological polar surface area (TPSA) is 46.6 Å². The molecule has 1 unspecified atom stereocenters. The zero-order chi connectivity index (χ0) is 15.2. The number of carbonyl (C=O) groups excluding carboxylic acids is 2. The minimum atomic E-state index is -0.384. The van der Waals surface area contributed by atoms with E-state index in [9.17, 15) is 9.59 Å². The molecule has 0 spiro atoms. The Kier molecular flexibility index (Phi) is 5.37. The first-order valence-corrected chi connectivity index (χ1v) is 7.60. The van der Waals surface area contributed by atoms with Crippen LogP contribution in [0.25, 0.3) is 0 Å². The van der Waals surface area contributed by atoms with E-state index >= 15 is 0 Å². The number of hydrogen-bond acceptors (Lipinski definition) is 3. The molecule has 1 heterocycles. The van der Waals surface area contributed by atoms with Gasteiger partial charge in [0, 0.05) is 13.0 Å². The molecule has 2 rings (SSSR count). The quantitative estimate of drug-likeness (QED) is 0.782. The molecule has 114 valence electrons. The Morgan fingerprint density at radius 1 is 1.24 bits per heavy atom. The molecule has 1 amide bonds. The van der Waals surface area contributed by atoms with Crippen molar-refractivity contribution in [3.63, 3.8) is 0 Å². The number of ether oxygens (including phenoxy) is 1. The van der Waals surface area contributed by atoms with Crippen molar-refractivity contribution in [2.45, 2.75) is 45.1 Å². The summed E-state index contributed by atoms with van der Waals surface area (Å²) in [5.41, 5.74) is 2.46. The molecule has 0 aliphatic carbocycles. The summed E-state index contributed by atoms with van der Waals surface area (Å²) >= 11 is 0. The summed E-state index contributed by atoms with van der Waals surface area (Å²) < 4.78 is 4.77. The molecule has 1 aromatic rings. The van der Waals surface area contributed by atoms with Gasteiger partial charge in [-0.1, -0.05) is 31.2 Å². The second-order valence-electron chi connectivity index (χ2n) is 5.44. The molecule has 1 aromatic carbocycles. The first-order valence-electron chi connectivity index (χ1n) is 7.60. The van der Waals surface area contributed by atoms with Gasteiger partial charge < -0.3 is 9.64 Å². The summed E-state index contributed by atoms with van der Waals surface area (Å²) in [6.45, 7) is 2.78. The van der Waals surface area contributed by atoms with Crippen LogP contribution in [0.3, 0.4) is 0 Å². The number of likely N-dealkylation sites (tertiary alicyclic amines) is 1. The molecule has 1 aliphatic heterocycles. The molecule has 1 aliphatic rings. The van der Waals surface area contributed by atoms with Gasteiger partial charge in [0.1, 0.15) is 6.04 Å². The Hall–Kier alpha value is -1.84. The predicted molar refractivity (Wildman–Crippen MR) is 80.9 cm³/mol. The van der Waals surface area contributed by atoms with Gasteiger partial charge >= 0.3 is 5.97 Å². The Morgan fingerprint density at radius 3 is 2.52 bits per heavy atom. The van der Waals surface area contributed by atoms with E-state index in [0.717, 1.165) is 18.4 Å². The molecule has 1 saturated heterocycles. The number of nitrogens with zero attached hydrogens (tertiary/aromatic N) is 1. The third-order valence-electron chi connectivity index (χ3n) is 4.11. The van der Waals surface area contributed by atoms with Crippen molar-refractivity contribution in [2.75, 3.05) is 13.7 Å². The van der Waals surface area contributed by atoms with Gasteiger partial charge in [0.15, 0.2) is 0 Å². The fourth-order valence-corrected chi connectivity index (χ4v) is 2.78. The van der Waals surface area contributed by atoms with Crippen molar-refractivity contribution >= 4 is 11.9 Å². The number of carbonyl (C=O) groups is 2. The van der Waals surface area contributed by atoms with Gasteiger partial charge in [-0.3, -0.25) is 4.79 Å². The maximum atomic E-state index is 12.3. The molecule has 0 aromatic heterocycles. The first kappa shape index (κ1) is 15.5. The summed E-state index contributed by atoms with van der Waals surface area (Å²) in [6.07, 6.45) is 3.76. The molecule has 1 atom stereocenters. The summed E-state index contributed by atoms with van der Waals surface area (Å²) in [5.74, 6) is -0.254. The molecule has 0 N–H and O–H groups in total. The lowest BCUT2D eigenvalue weighted by molar-refractivity contribution is -0.150. The average Bonchev–Trinajstić information content (AvgIpc) is 3.02. The highest BCUT2D eigenvalue weighted by atomic mass is 16.5. The zero-order valence-electron chi connectivity index (χ0n) is 12.8. The normalized spacial score (nSPS) is 17.8. The van der Waals surface area contributed by atoms with Crippen LogP contribution in [0.2, 0.25) is 0 Å². The number of hydrogen-bond donors (Lipinski definition) is 0. The van der Waals surface area contributed by atoms with Gasteiger partial charge in [0.25, 0.3) is 0 Å². The number of rotatable bonds is 5. The summed E-state index contributed by atoms with van der Waals surface area (Å²) in [5, 5.41) is 0. The fourth-order valence-electron chi connectivity index (χ4n) is 2.78. The minimum absolute atomic E-state index is 0.0440. The molecular formula is C17H23NO3. The minimum Gasteiger partial charge on any atom is -0.467 e. The largest absolute Gasteiger partial charge is 0.467 e. The van der Waals surface area contributed by atoms with Crippen LogP contribution < -0.4 is 0 Å². The van der Waals surface area contributed by atoms with E-state index in [-0.39, 0.29) is 17.9 Å². The Bertz CT molecular complexity index is 495. The van der Waals surface area contributed by atoms with E-state index in [4.69, 9.17) is 4.74 Å². The van der Waals surface area contributed by atoms with Gasteiger partial charge in [-0.15, -0.1) is 0 Å². The highest BCUT2D eigenvalue weighted by Crippen LogP contribution is 2.20. The van der Waals surface area contributed by atoms with E-state index < -0.39 is 0 Å². The fraction of sp³-hybridized carbons (Fsp3) is 0.529. The third-order valence-corrected chi connectivity index (χ3v) is 4.11. The van der Waals surface area contributed by atoms with Crippen LogP contribution in [-0.2, 0) is 27.2 Å². The van der Waals surface area contributed by atoms with Crippen LogP contribution in [0.5, 0.6) is 0 Å². The summed E-state index contributed by atoms with van der Waals surface area (Å²) in [7, 11) is 1.37. The van der Waals surface area contributed by atoms with Gasteiger partial charge in [-0.05, 0) is 36.8 Å². The number of esters is 1. The second-order valence-corrected chi connectivity index (χ2v) is 5.44. The molecule has 1 fully saturated rings. The smallest absolute Gasteiger partial charge is 0.328 e. The van der Waals surface area contributed by atoms with E-state index in [2.05, 4.69) is 31.2 Å². The lowest BCUT2D eigenvalue weighted by atomic mass is 10.1. The maximum absolute atomic E-state index is 12.3. The van der Waals surface area contributed by atoms with E-state index in [0.29, 0.717) is 25.8 Å². The third kappa shape index (κ3) is 3.84. The van der Waals surface area contributed by atoms with Crippen LogP contribution in [-0.4, -0.2) is 36.5 Å². The average molecular weight is 289 g/mol. The number of benzene rings is 1. The zero-order valence-corrected chi connectivity index (χ0v) is 12.8. The monoisotopic (exact) mass is 289 g/mol. The van der Waals surface area contributed by atoms with Crippen LogP contribution >= 0.6 is 0 Å². The number of amides is 1. The maximum Gasteiger partial charge on any atom is 0.328 e. The van der Waals surface area contributed by atoms with Crippen molar-refractivity contribution in [3.05, 3.63) is 35.4 Å². The van der Waals surface area contributed by atoms with Gasteiger partial charge in [0.05, 0.1) is 7.11 Å². The lowest BCUT2D eigenvalue weighted by Crippen LogP contribution is -2.41. The lowest BCUT2D eigenvalue weighted by Gasteiger charge is -2.22. The Balaban J connectivity index is 1.90. The van der Waals surface area contributed by atoms with Crippen LogP contribution in [0.1, 0.15) is 37.3 Å². The molecule has 0 bridgehead atoms. The Morgan fingerprint density at radius 2 is 1.90 bits per heavy atom. The van der Waals surface area contributed by atoms with Gasteiger partial charge in [0.2, 0.25) is 5.91 Å². The van der Waals surface area contributed by atoms with Crippen molar-refractivity contribution < 1.29 is 14.3 Å². The van der Waals surface area contributed by atoms with E-state index in [1.165, 1.54) is 12.7 Å². The van der Waals surface area contributed by atoms with Crippen LogP contribution in [0.15, 0.2) is 24.3 Å². The van der Waals surface area contributed by atoms with E-state index in [1.807, 2.05) is 0 Å². The van der Waals surface area contributed by atoms with Crippen molar-refractivity contribution in [2.24, 2.45) is 0 Å². The first-order chi connectivity index (χ1) is 10.2. The summed E-state index contributed by atoms with van der Waals surface area (Å²) in [4.78, 5) is 25.6. The van der Waals surface area contributed by atoms with Gasteiger partial charge in [-0.2, -0.15) is 0 Å². The summed E-state index contributed by atoms with van der Waals surface area (Å²) in [6, 6.07) is 7.98. The highest BCUT2D eigenvalue weighted by Gasteiger charge is 2.34. The Labute approximate surface area is 126 Å². The SMILES string of the molecule is CCc1ccc(CCC(=O)N2CCCC2C(=O)OC)cc1. The predicted octanol–water partition coefficient (Wildman–Crippen LogP) is 2.35. The molecule has 21 heavy (non-hydrogen) atoms. The molecule has 0 saturated carbocycles. The van der Waals surface area contributed by atoms with Gasteiger partial charge in [-0.25, -0.2) is 4.79 Å². The molecule has 4 heteroatoms. The second kappa shape index (κ2) is 7.25. The van der Waals surface area contributed by atoms with Crippen LogP contribution in [0, 0.1) is 0 Å². The number of aryl methyl sites for hydroxylation is 2. The molecule has 0 radical (unpaired) electrons. The van der Waals surface area contributed by atoms with Crippen LogP contribution in [0.4, 0.5) is 0 Å². The van der Waals surface area contributed by atoms with Crippen molar-refractivity contribution in [1.29, 1.82) is 0 Å².